The zero-order valence-corrected chi connectivity index (χ0v) is 31.7. The van der Waals surface area contributed by atoms with Gasteiger partial charge in [-0.15, -0.1) is 11.8 Å². The van der Waals surface area contributed by atoms with Crippen molar-refractivity contribution in [3.05, 3.63) is 62.7 Å². The maximum atomic E-state index is 14.7. The van der Waals surface area contributed by atoms with Crippen LogP contribution in [0.15, 0.2) is 18.2 Å². The number of ether oxygens (including phenoxy) is 6. The van der Waals surface area contributed by atoms with Crippen molar-refractivity contribution < 1.29 is 53.3 Å². The van der Waals surface area contributed by atoms with Crippen LogP contribution in [-0.2, 0) is 32.7 Å². The average molecular weight is 762 g/mol. The summed E-state index contributed by atoms with van der Waals surface area (Å²) in [6.45, 7) is 5.26. The molecule has 4 unspecified atom stereocenters. The summed E-state index contributed by atoms with van der Waals surface area (Å²) in [5.41, 5.74) is 4.36. The molecule has 7 heterocycles. The first-order chi connectivity index (χ1) is 25.9. The highest BCUT2D eigenvalue weighted by atomic mass is 32.2. The Morgan fingerprint density at radius 1 is 1.02 bits per heavy atom. The largest absolute Gasteiger partial charge is 0.504 e. The summed E-state index contributed by atoms with van der Waals surface area (Å²) in [4.78, 5) is 31.7. The van der Waals surface area contributed by atoms with Crippen LogP contribution >= 0.6 is 11.8 Å². The van der Waals surface area contributed by atoms with Crippen LogP contribution in [0, 0.1) is 13.8 Å². The average Bonchev–Trinajstić information content (AvgIpc) is 3.63. The van der Waals surface area contributed by atoms with Crippen LogP contribution in [-0.4, -0.2) is 102 Å². The van der Waals surface area contributed by atoms with Crippen LogP contribution in [0.5, 0.6) is 40.2 Å². The minimum Gasteiger partial charge on any atom is -0.504 e. The highest BCUT2D eigenvalue weighted by Gasteiger charge is 2.61. The Kier molecular flexibility index (Phi) is 8.21. The second-order valence-corrected chi connectivity index (χ2v) is 16.1. The van der Waals surface area contributed by atoms with Gasteiger partial charge in [0.25, 0.3) is 0 Å². The number of hydrogen-bond acceptors (Lipinski definition) is 15. The van der Waals surface area contributed by atoms with Gasteiger partial charge in [0.05, 0.1) is 37.6 Å². The monoisotopic (exact) mass is 761 g/mol. The molecule has 4 N–H and O–H groups in total. The molecule has 0 aliphatic carbocycles. The van der Waals surface area contributed by atoms with Gasteiger partial charge in [-0.1, -0.05) is 6.07 Å². The molecular weight excluding hydrogens is 719 g/mol. The summed E-state index contributed by atoms with van der Waals surface area (Å²) in [5, 5.41) is 38.2. The van der Waals surface area contributed by atoms with E-state index in [-0.39, 0.29) is 42.4 Å². The highest BCUT2D eigenvalue weighted by Crippen LogP contribution is 2.64. The van der Waals surface area contributed by atoms with Crippen LogP contribution in [0.1, 0.15) is 68.8 Å². The number of rotatable bonds is 3. The van der Waals surface area contributed by atoms with Gasteiger partial charge < -0.3 is 43.7 Å². The summed E-state index contributed by atoms with van der Waals surface area (Å²) < 4.78 is 35.9. The Morgan fingerprint density at radius 3 is 2.54 bits per heavy atom. The van der Waals surface area contributed by atoms with Crippen molar-refractivity contribution in [1.29, 1.82) is 0 Å². The van der Waals surface area contributed by atoms with E-state index >= 15 is 0 Å². The van der Waals surface area contributed by atoms with E-state index in [9.17, 15) is 24.9 Å². The Morgan fingerprint density at radius 2 is 1.80 bits per heavy atom. The Labute approximate surface area is 316 Å². The minimum atomic E-state index is -1.36. The number of hydrogen-bond donors (Lipinski definition) is 4. The standard InChI is InChI=1S/C39H43N3O11S/c1-16-9-20-10-22-37(46)42-23-13-50-38(47)39(21-12-25(48-5)24(44)11-19(21)7-8-40-39)14-54-36(30(42)29(41(22)4)26(20)31(45)32(16)49-6)28-27(23)35-34(51-15-52-35)17(2)33(28)53-18(3)43/h9,11-12,22-23,29-30,36-37,40,44-46H,7-8,10,13-15H2,1-6H3/t22?,23?,29?,30?,36-,37+,39+/m1/s1. The molecule has 2 fully saturated rings. The van der Waals surface area contributed by atoms with Crippen LogP contribution < -0.4 is 29.0 Å². The van der Waals surface area contributed by atoms with Gasteiger partial charge in [-0.2, -0.15) is 0 Å². The van der Waals surface area contributed by atoms with Crippen molar-refractivity contribution in [2.45, 2.75) is 74.8 Å². The molecule has 3 aromatic carbocycles. The third-order valence-electron chi connectivity index (χ3n) is 12.3. The fourth-order valence-electron chi connectivity index (χ4n) is 10.00. The molecule has 0 aromatic heterocycles. The molecule has 14 nitrogen and oxygen atoms in total. The third-order valence-corrected chi connectivity index (χ3v) is 13.7. The first-order valence-corrected chi connectivity index (χ1v) is 19.1. The summed E-state index contributed by atoms with van der Waals surface area (Å²) in [6, 6.07) is 3.13. The minimum absolute atomic E-state index is 0.0226. The van der Waals surface area contributed by atoms with Crippen molar-refractivity contribution in [2.75, 3.05) is 47.0 Å². The van der Waals surface area contributed by atoms with E-state index in [2.05, 4.69) is 10.2 Å². The van der Waals surface area contributed by atoms with E-state index in [0.29, 0.717) is 70.2 Å². The number of aliphatic hydroxyl groups is 1. The van der Waals surface area contributed by atoms with Gasteiger partial charge in [0, 0.05) is 47.5 Å². The molecule has 7 aliphatic heterocycles. The van der Waals surface area contributed by atoms with E-state index in [0.717, 1.165) is 16.7 Å². The summed E-state index contributed by atoms with van der Waals surface area (Å²) in [6.07, 6.45) is -0.0282. The highest BCUT2D eigenvalue weighted by molar-refractivity contribution is 7.99. The van der Waals surface area contributed by atoms with Gasteiger partial charge in [0.15, 0.2) is 40.0 Å². The first kappa shape index (κ1) is 35.3. The topological polar surface area (TPSA) is 169 Å². The Hall–Kier alpha value is -4.41. The van der Waals surface area contributed by atoms with Gasteiger partial charge in [-0.25, -0.2) is 4.79 Å². The molecule has 7 atom stereocenters. The predicted molar refractivity (Wildman–Crippen MR) is 195 cm³/mol. The number of piperazine rings is 1. The van der Waals surface area contributed by atoms with Crippen molar-refractivity contribution in [3.63, 3.8) is 0 Å². The number of carbonyl (C=O) groups excluding carboxylic acids is 2. The number of phenolic OH excluding ortho intramolecular Hbond substituents is 2. The van der Waals surface area contributed by atoms with Gasteiger partial charge >= 0.3 is 11.9 Å². The van der Waals surface area contributed by atoms with E-state index in [1.807, 2.05) is 31.9 Å². The fourth-order valence-corrected chi connectivity index (χ4v) is 11.7. The van der Waals surface area contributed by atoms with Crippen molar-refractivity contribution in [2.24, 2.45) is 0 Å². The molecule has 286 valence electrons. The maximum Gasteiger partial charge on any atom is 0.331 e. The smallest absolute Gasteiger partial charge is 0.331 e. The van der Waals surface area contributed by atoms with E-state index in [1.165, 1.54) is 32.9 Å². The molecule has 0 saturated carbocycles. The molecule has 7 aliphatic rings. The number of phenols is 2. The summed E-state index contributed by atoms with van der Waals surface area (Å²) >= 11 is 1.47. The number of likely N-dealkylation sites (N-methyl/N-ethyl adjacent to an activating group) is 1. The van der Waals surface area contributed by atoms with Crippen LogP contribution in [0.3, 0.4) is 0 Å². The summed E-state index contributed by atoms with van der Waals surface area (Å²) in [5.74, 6) is 0.949. The number of fused-ring (bicyclic) bond motifs is 9. The van der Waals surface area contributed by atoms with Gasteiger partial charge in [-0.05, 0) is 68.1 Å². The fraction of sp³-hybridized carbons (Fsp3) is 0.487. The lowest BCUT2D eigenvalue weighted by Crippen LogP contribution is -2.70. The number of thioether (sulfide) groups is 1. The number of nitrogens with one attached hydrogen (secondary N) is 1. The maximum absolute atomic E-state index is 14.7. The van der Waals surface area contributed by atoms with Gasteiger partial charge in [-0.3, -0.25) is 19.9 Å². The van der Waals surface area contributed by atoms with Gasteiger partial charge in [0.2, 0.25) is 6.79 Å². The molecule has 3 aromatic rings. The van der Waals surface area contributed by atoms with Crippen molar-refractivity contribution >= 4 is 23.7 Å². The van der Waals surface area contributed by atoms with E-state index in [4.69, 9.17) is 28.4 Å². The molecule has 4 bridgehead atoms. The molecule has 54 heavy (non-hydrogen) atoms. The number of nitrogens with zero attached hydrogens (tertiary/aromatic N) is 2. The third kappa shape index (κ3) is 4.74. The number of aromatic hydroxyl groups is 2. The predicted octanol–water partition coefficient (Wildman–Crippen LogP) is 3.41. The number of methoxy groups -OCH3 is 2. The van der Waals surface area contributed by atoms with Crippen molar-refractivity contribution in [3.8, 4) is 40.2 Å². The number of carbonyl (C=O) groups is 2. The summed E-state index contributed by atoms with van der Waals surface area (Å²) in [7, 11) is 4.96. The Balaban J connectivity index is 1.32. The number of aliphatic hydroxyl groups excluding tert-OH is 1. The van der Waals surface area contributed by atoms with E-state index < -0.39 is 47.1 Å². The second-order valence-electron chi connectivity index (χ2n) is 14.9. The molecule has 15 heteroatoms. The zero-order valence-electron chi connectivity index (χ0n) is 30.8. The lowest BCUT2D eigenvalue weighted by atomic mass is 9.73. The van der Waals surface area contributed by atoms with Crippen molar-refractivity contribution in [1.82, 2.24) is 15.1 Å². The second kappa shape index (κ2) is 12.6. The van der Waals surface area contributed by atoms with Gasteiger partial charge in [0.1, 0.15) is 18.6 Å². The Bertz CT molecular complexity index is 2130. The molecule has 1 spiro atoms. The molecule has 10 rings (SSSR count). The molecule has 0 radical (unpaired) electrons. The molecule has 0 amide bonds. The molecule has 2 saturated heterocycles. The lowest BCUT2D eigenvalue weighted by molar-refractivity contribution is -0.186. The van der Waals surface area contributed by atoms with Crippen LogP contribution in [0.25, 0.3) is 0 Å². The normalized spacial score (nSPS) is 29.4. The van der Waals surface area contributed by atoms with E-state index in [1.54, 1.807) is 12.1 Å². The number of esters is 2. The van der Waals surface area contributed by atoms with Crippen LogP contribution in [0.4, 0.5) is 0 Å². The molecular formula is C39H43N3O11S. The zero-order chi connectivity index (χ0) is 38.0. The lowest BCUT2D eigenvalue weighted by Gasteiger charge is -2.62. The van der Waals surface area contributed by atoms with Crippen LogP contribution in [0.2, 0.25) is 0 Å². The number of aryl methyl sites for hydroxylation is 1. The SMILES string of the molecule is COc1cc2c(cc1O)CCN[C@@]21CS[C@@H]2c3c(OC(C)=O)c(C)c4c(c3C(COC1=O)N1C2C2c3c(cc(C)c(OC)c3O)CC([C@@H]1O)N2C)OCO4. The number of benzene rings is 3. The quantitative estimate of drug-likeness (QED) is 0.226. The first-order valence-electron chi connectivity index (χ1n) is 18.1.